The summed E-state index contributed by atoms with van der Waals surface area (Å²) in [4.78, 5) is 41.0. The lowest BCUT2D eigenvalue weighted by Gasteiger charge is -2.35. The highest BCUT2D eigenvalue weighted by atomic mass is 16.5. The molecule has 4 rings (SSSR count). The Morgan fingerprint density at radius 3 is 2.66 bits per heavy atom. The molecule has 154 valence electrons. The lowest BCUT2D eigenvalue weighted by molar-refractivity contribution is -0.145. The number of hydrogen-bond acceptors (Lipinski definition) is 4. The first-order valence-electron chi connectivity index (χ1n) is 10.0. The molecule has 2 aromatic rings. The first-order chi connectivity index (χ1) is 14.0. The second-order valence-corrected chi connectivity index (χ2v) is 7.74. The average molecular weight is 399 g/mol. The third-order valence-corrected chi connectivity index (χ3v) is 5.98. The van der Waals surface area contributed by atoms with Crippen molar-refractivity contribution in [1.29, 1.82) is 0 Å². The Morgan fingerprint density at radius 2 is 1.93 bits per heavy atom. The van der Waals surface area contributed by atoms with Crippen LogP contribution in [-0.4, -0.2) is 65.1 Å². The number of carbonyl (C=O) groups excluding carboxylic acids is 2. The zero-order chi connectivity index (χ0) is 20.4. The van der Waals surface area contributed by atoms with Gasteiger partial charge in [0.2, 0.25) is 5.91 Å². The summed E-state index contributed by atoms with van der Waals surface area (Å²) in [5.41, 5.74) is 1.30. The van der Waals surface area contributed by atoms with Gasteiger partial charge in [0.15, 0.2) is 0 Å². The number of amides is 2. The lowest BCUT2D eigenvalue weighted by atomic mass is 9.84. The normalized spacial score (nSPS) is 22.7. The molecule has 29 heavy (non-hydrogen) atoms. The van der Waals surface area contributed by atoms with Crippen molar-refractivity contribution < 1.29 is 24.2 Å². The minimum absolute atomic E-state index is 0.0590. The summed E-state index contributed by atoms with van der Waals surface area (Å²) < 4.78 is 5.67. The van der Waals surface area contributed by atoms with Gasteiger partial charge in [-0.05, 0) is 37.3 Å². The van der Waals surface area contributed by atoms with Crippen LogP contribution in [0.4, 0.5) is 0 Å². The maximum Gasteiger partial charge on any atom is 0.309 e. The minimum atomic E-state index is -0.800. The van der Waals surface area contributed by atoms with Crippen LogP contribution in [0, 0.1) is 11.8 Å². The molecule has 0 aliphatic carbocycles. The number of carbonyl (C=O) groups is 3. The molecule has 2 saturated heterocycles. The number of fused-ring (bicyclic) bond motifs is 1. The molecule has 3 N–H and O–H groups in total. The van der Waals surface area contributed by atoms with Crippen LogP contribution in [0.15, 0.2) is 30.3 Å². The minimum Gasteiger partial charge on any atom is -0.481 e. The number of aromatic amines is 1. The summed E-state index contributed by atoms with van der Waals surface area (Å²) in [5.74, 6) is -1.53. The molecule has 2 aliphatic heterocycles. The molecule has 1 aromatic heterocycles. The van der Waals surface area contributed by atoms with Gasteiger partial charge in [-0.1, -0.05) is 18.2 Å². The first kappa shape index (κ1) is 19.4. The molecule has 2 aliphatic rings. The van der Waals surface area contributed by atoms with Crippen LogP contribution < -0.4 is 5.32 Å². The van der Waals surface area contributed by atoms with E-state index in [0.717, 1.165) is 23.7 Å². The standard InChI is InChI=1S/C21H25N3O5/c25-18(12-22-20(26)17-11-14-3-1-2-4-16(14)23-17)24-8-5-13(6-9-24)19-15(21(27)28)7-10-29-19/h1-4,11,13,15,19,23H,5-10,12H2,(H,22,26)(H,27,28)/t15?,19-/m0/s1. The molecule has 8 heteroatoms. The second-order valence-electron chi connectivity index (χ2n) is 7.74. The number of hydrogen-bond donors (Lipinski definition) is 3. The molecule has 1 aromatic carbocycles. The Hall–Kier alpha value is -2.87. The highest BCUT2D eigenvalue weighted by Crippen LogP contribution is 2.33. The number of piperidine rings is 1. The van der Waals surface area contributed by atoms with E-state index >= 15 is 0 Å². The highest BCUT2D eigenvalue weighted by molar-refractivity contribution is 5.99. The maximum atomic E-state index is 12.5. The predicted molar refractivity (Wildman–Crippen MR) is 105 cm³/mol. The molecule has 2 fully saturated rings. The summed E-state index contributed by atoms with van der Waals surface area (Å²) in [7, 11) is 0. The number of carboxylic acids is 1. The van der Waals surface area contributed by atoms with E-state index in [-0.39, 0.29) is 30.4 Å². The van der Waals surface area contributed by atoms with E-state index in [2.05, 4.69) is 10.3 Å². The number of likely N-dealkylation sites (tertiary alicyclic amines) is 1. The van der Waals surface area contributed by atoms with E-state index in [4.69, 9.17) is 4.74 Å². The van der Waals surface area contributed by atoms with Crippen LogP contribution >= 0.6 is 0 Å². The predicted octanol–water partition coefficient (Wildman–Crippen LogP) is 1.63. The third kappa shape index (κ3) is 4.12. The van der Waals surface area contributed by atoms with Crippen LogP contribution in [0.3, 0.4) is 0 Å². The third-order valence-electron chi connectivity index (χ3n) is 5.98. The average Bonchev–Trinajstić information content (AvgIpc) is 3.39. The van der Waals surface area contributed by atoms with E-state index < -0.39 is 11.9 Å². The van der Waals surface area contributed by atoms with Crippen molar-refractivity contribution in [3.05, 3.63) is 36.0 Å². The van der Waals surface area contributed by atoms with Crippen LogP contribution in [0.5, 0.6) is 0 Å². The molecule has 8 nitrogen and oxygen atoms in total. The SMILES string of the molecule is O=C(NCC(=O)N1CCC([C@@H]2OCCC2C(=O)O)CC1)c1cc2ccccc2[nH]1. The Balaban J connectivity index is 1.26. The molecule has 2 atom stereocenters. The smallest absolute Gasteiger partial charge is 0.309 e. The topological polar surface area (TPSA) is 112 Å². The van der Waals surface area contributed by atoms with Crippen molar-refractivity contribution in [3.8, 4) is 0 Å². The number of para-hydroxylation sites is 1. The number of benzene rings is 1. The zero-order valence-corrected chi connectivity index (χ0v) is 16.1. The summed E-state index contributed by atoms with van der Waals surface area (Å²) in [6, 6.07) is 9.37. The Morgan fingerprint density at radius 1 is 1.17 bits per heavy atom. The van der Waals surface area contributed by atoms with Crippen molar-refractivity contribution in [2.24, 2.45) is 11.8 Å². The fraction of sp³-hybridized carbons (Fsp3) is 0.476. The van der Waals surface area contributed by atoms with Crippen molar-refractivity contribution in [1.82, 2.24) is 15.2 Å². The molecule has 3 heterocycles. The van der Waals surface area contributed by atoms with Gasteiger partial charge in [-0.3, -0.25) is 14.4 Å². The molecule has 0 bridgehead atoms. The van der Waals surface area contributed by atoms with Crippen molar-refractivity contribution in [2.45, 2.75) is 25.4 Å². The summed E-state index contributed by atoms with van der Waals surface area (Å²) >= 11 is 0. The molecular formula is C21H25N3O5. The number of carboxylic acid groups (broad SMARTS) is 1. The fourth-order valence-corrected chi connectivity index (χ4v) is 4.38. The van der Waals surface area contributed by atoms with E-state index in [0.29, 0.717) is 31.8 Å². The van der Waals surface area contributed by atoms with Gasteiger partial charge in [0, 0.05) is 30.6 Å². The van der Waals surface area contributed by atoms with Gasteiger partial charge < -0.3 is 25.0 Å². The van der Waals surface area contributed by atoms with Gasteiger partial charge in [-0.15, -0.1) is 0 Å². The number of ether oxygens (including phenoxy) is 1. The molecule has 1 unspecified atom stereocenters. The highest BCUT2D eigenvalue weighted by Gasteiger charge is 2.40. The Bertz CT molecular complexity index is 883. The van der Waals surface area contributed by atoms with Gasteiger partial charge in [0.1, 0.15) is 5.69 Å². The molecule has 0 spiro atoms. The number of nitrogens with one attached hydrogen (secondary N) is 2. The summed E-state index contributed by atoms with van der Waals surface area (Å²) in [6.07, 6.45) is 1.73. The van der Waals surface area contributed by atoms with Crippen molar-refractivity contribution in [3.63, 3.8) is 0 Å². The van der Waals surface area contributed by atoms with Crippen LogP contribution in [0.2, 0.25) is 0 Å². The maximum absolute atomic E-state index is 12.5. The van der Waals surface area contributed by atoms with Gasteiger partial charge in [-0.25, -0.2) is 0 Å². The monoisotopic (exact) mass is 399 g/mol. The van der Waals surface area contributed by atoms with E-state index in [1.165, 1.54) is 0 Å². The van der Waals surface area contributed by atoms with Gasteiger partial charge in [-0.2, -0.15) is 0 Å². The Kier molecular flexibility index (Phi) is 5.53. The number of aliphatic carboxylic acids is 1. The quantitative estimate of drug-likeness (QED) is 0.708. The molecule has 0 saturated carbocycles. The van der Waals surface area contributed by atoms with Gasteiger partial charge in [0.25, 0.3) is 5.91 Å². The second kappa shape index (κ2) is 8.24. The van der Waals surface area contributed by atoms with Crippen LogP contribution in [0.25, 0.3) is 10.9 Å². The van der Waals surface area contributed by atoms with Gasteiger partial charge >= 0.3 is 5.97 Å². The van der Waals surface area contributed by atoms with Crippen LogP contribution in [0.1, 0.15) is 29.8 Å². The Labute approximate surface area is 168 Å². The van der Waals surface area contributed by atoms with E-state index in [9.17, 15) is 19.5 Å². The zero-order valence-electron chi connectivity index (χ0n) is 16.1. The largest absolute Gasteiger partial charge is 0.481 e. The molecule has 2 amide bonds. The number of rotatable bonds is 5. The van der Waals surface area contributed by atoms with Gasteiger partial charge in [0.05, 0.1) is 18.6 Å². The van der Waals surface area contributed by atoms with Crippen LogP contribution in [-0.2, 0) is 14.3 Å². The summed E-state index contributed by atoms with van der Waals surface area (Å²) in [6.45, 7) is 1.53. The number of H-pyrrole nitrogens is 1. The number of nitrogens with zero attached hydrogens (tertiary/aromatic N) is 1. The summed E-state index contributed by atoms with van der Waals surface area (Å²) in [5, 5.41) is 13.0. The van der Waals surface area contributed by atoms with E-state index in [1.807, 2.05) is 24.3 Å². The molecule has 0 radical (unpaired) electrons. The fourth-order valence-electron chi connectivity index (χ4n) is 4.38. The van der Waals surface area contributed by atoms with E-state index in [1.54, 1.807) is 11.0 Å². The van der Waals surface area contributed by atoms with Crippen molar-refractivity contribution in [2.75, 3.05) is 26.2 Å². The number of aromatic nitrogens is 1. The van der Waals surface area contributed by atoms with Crippen molar-refractivity contribution >= 4 is 28.7 Å². The molecular weight excluding hydrogens is 374 g/mol. The lowest BCUT2D eigenvalue weighted by Crippen LogP contribution is -2.46. The first-order valence-corrected chi connectivity index (χ1v) is 10.0.